The van der Waals surface area contributed by atoms with Crippen LogP contribution in [0, 0.1) is 6.92 Å². The van der Waals surface area contributed by atoms with Gasteiger partial charge in [0.1, 0.15) is 0 Å². The highest BCUT2D eigenvalue weighted by Crippen LogP contribution is 2.38. The molecular formula is C17H19BrN2. The second-order valence-corrected chi connectivity index (χ2v) is 5.89. The Morgan fingerprint density at radius 3 is 2.50 bits per heavy atom. The van der Waals surface area contributed by atoms with Crippen LogP contribution in [0.25, 0.3) is 0 Å². The Hall–Kier alpha value is -1.48. The summed E-state index contributed by atoms with van der Waals surface area (Å²) in [5, 5.41) is 0.887. The highest BCUT2D eigenvalue weighted by Gasteiger charge is 2.22. The molecule has 0 spiro atoms. The number of likely N-dealkylation sites (N-methyl/N-ethyl adjacent to an activating group) is 1. The zero-order chi connectivity index (χ0) is 14.1. The minimum absolute atomic E-state index is 0.887. The number of hydrogen-bond donors (Lipinski definition) is 0. The molecule has 3 heteroatoms. The summed E-state index contributed by atoms with van der Waals surface area (Å²) in [4.78, 5) is 4.76. The summed E-state index contributed by atoms with van der Waals surface area (Å²) in [6.45, 7) is 4.22. The molecule has 1 aliphatic rings. The second kappa shape index (κ2) is 5.49. The minimum atomic E-state index is 0.887. The maximum absolute atomic E-state index is 3.62. The average Bonchev–Trinajstić information content (AvgIpc) is 2.48. The van der Waals surface area contributed by atoms with Crippen LogP contribution in [-0.4, -0.2) is 20.1 Å². The zero-order valence-electron chi connectivity index (χ0n) is 11.9. The van der Waals surface area contributed by atoms with E-state index in [0.717, 1.165) is 18.4 Å². The van der Waals surface area contributed by atoms with Crippen LogP contribution in [0.1, 0.15) is 11.1 Å². The third-order valence-corrected chi connectivity index (χ3v) is 4.52. The fraction of sp³-hybridized carbons (Fsp3) is 0.294. The SMILES string of the molecule is Cc1ccc(N2CCN(C)c3ccccc32)c(CBr)c1. The van der Waals surface area contributed by atoms with Crippen LogP contribution in [0.15, 0.2) is 42.5 Å². The van der Waals surface area contributed by atoms with Crippen molar-refractivity contribution in [3.05, 3.63) is 53.6 Å². The van der Waals surface area contributed by atoms with E-state index in [-0.39, 0.29) is 0 Å². The molecule has 2 aromatic rings. The lowest BCUT2D eigenvalue weighted by molar-refractivity contribution is 0.820. The molecule has 0 fully saturated rings. The zero-order valence-corrected chi connectivity index (χ0v) is 13.5. The lowest BCUT2D eigenvalue weighted by Gasteiger charge is -2.37. The highest BCUT2D eigenvalue weighted by atomic mass is 79.9. The number of anilines is 3. The van der Waals surface area contributed by atoms with Crippen LogP contribution in [-0.2, 0) is 5.33 Å². The van der Waals surface area contributed by atoms with Crippen molar-refractivity contribution in [3.63, 3.8) is 0 Å². The van der Waals surface area contributed by atoms with E-state index in [4.69, 9.17) is 0 Å². The van der Waals surface area contributed by atoms with Crippen molar-refractivity contribution in [1.82, 2.24) is 0 Å². The van der Waals surface area contributed by atoms with Gasteiger partial charge >= 0.3 is 0 Å². The van der Waals surface area contributed by atoms with Crippen LogP contribution in [0.2, 0.25) is 0 Å². The van der Waals surface area contributed by atoms with Gasteiger partial charge < -0.3 is 9.80 Å². The van der Waals surface area contributed by atoms with Crippen LogP contribution < -0.4 is 9.80 Å². The van der Waals surface area contributed by atoms with Gasteiger partial charge in [-0.1, -0.05) is 45.8 Å². The number of nitrogens with zero attached hydrogens (tertiary/aromatic N) is 2. The quantitative estimate of drug-likeness (QED) is 0.749. The van der Waals surface area contributed by atoms with Crippen molar-refractivity contribution < 1.29 is 0 Å². The number of fused-ring (bicyclic) bond motifs is 1. The van der Waals surface area contributed by atoms with Gasteiger partial charge in [0.25, 0.3) is 0 Å². The molecule has 0 aliphatic carbocycles. The number of benzene rings is 2. The molecule has 0 aromatic heterocycles. The molecule has 104 valence electrons. The molecule has 0 radical (unpaired) electrons. The summed E-state index contributed by atoms with van der Waals surface area (Å²) in [6, 6.07) is 15.3. The summed E-state index contributed by atoms with van der Waals surface area (Å²) < 4.78 is 0. The molecule has 2 aromatic carbocycles. The molecule has 0 amide bonds. The summed E-state index contributed by atoms with van der Waals surface area (Å²) in [6.07, 6.45) is 0. The van der Waals surface area contributed by atoms with E-state index < -0.39 is 0 Å². The van der Waals surface area contributed by atoms with E-state index in [1.807, 2.05) is 0 Å². The van der Waals surface area contributed by atoms with E-state index in [0.29, 0.717) is 0 Å². The van der Waals surface area contributed by atoms with Gasteiger partial charge in [0.15, 0.2) is 0 Å². The Morgan fingerprint density at radius 2 is 1.75 bits per heavy atom. The number of hydrogen-bond acceptors (Lipinski definition) is 2. The Balaban J connectivity index is 2.10. The molecule has 1 aliphatic heterocycles. The first kappa shape index (κ1) is 13.5. The van der Waals surface area contributed by atoms with Crippen molar-refractivity contribution in [2.45, 2.75) is 12.3 Å². The predicted molar refractivity (Wildman–Crippen MR) is 90.5 cm³/mol. The van der Waals surface area contributed by atoms with E-state index in [9.17, 15) is 0 Å². The standard InChI is InChI=1S/C17H19BrN2/c1-13-7-8-15(14(11-13)12-18)20-10-9-19(2)16-5-3-4-6-17(16)20/h3-8,11H,9-10,12H2,1-2H3. The summed E-state index contributed by atoms with van der Waals surface area (Å²) in [7, 11) is 2.16. The maximum Gasteiger partial charge on any atom is 0.0649 e. The minimum Gasteiger partial charge on any atom is -0.371 e. The van der Waals surface area contributed by atoms with Crippen molar-refractivity contribution >= 4 is 33.0 Å². The monoisotopic (exact) mass is 330 g/mol. The Labute approximate surface area is 129 Å². The van der Waals surface area contributed by atoms with Gasteiger partial charge in [0.05, 0.1) is 11.4 Å². The molecular weight excluding hydrogens is 312 g/mol. The van der Waals surface area contributed by atoms with Crippen LogP contribution >= 0.6 is 15.9 Å². The van der Waals surface area contributed by atoms with Crippen molar-refractivity contribution in [2.75, 3.05) is 29.9 Å². The highest BCUT2D eigenvalue weighted by molar-refractivity contribution is 9.08. The smallest absolute Gasteiger partial charge is 0.0649 e. The summed E-state index contributed by atoms with van der Waals surface area (Å²) in [5.74, 6) is 0. The van der Waals surface area contributed by atoms with Gasteiger partial charge in [-0.2, -0.15) is 0 Å². The second-order valence-electron chi connectivity index (χ2n) is 5.33. The molecule has 20 heavy (non-hydrogen) atoms. The fourth-order valence-corrected chi connectivity index (χ4v) is 3.29. The summed E-state index contributed by atoms with van der Waals surface area (Å²) in [5.41, 5.74) is 6.58. The largest absolute Gasteiger partial charge is 0.371 e. The summed E-state index contributed by atoms with van der Waals surface area (Å²) >= 11 is 3.62. The molecule has 2 nitrogen and oxygen atoms in total. The number of aryl methyl sites for hydroxylation is 1. The first-order valence-corrected chi connectivity index (χ1v) is 8.06. The van der Waals surface area contributed by atoms with Gasteiger partial charge in [-0.3, -0.25) is 0 Å². The van der Waals surface area contributed by atoms with Gasteiger partial charge in [-0.15, -0.1) is 0 Å². The van der Waals surface area contributed by atoms with E-state index in [1.165, 1.54) is 28.2 Å². The molecule has 0 unspecified atom stereocenters. The lowest BCUT2D eigenvalue weighted by atomic mass is 10.1. The number of para-hydroxylation sites is 2. The lowest BCUT2D eigenvalue weighted by Crippen LogP contribution is -2.36. The van der Waals surface area contributed by atoms with E-state index >= 15 is 0 Å². The first-order chi connectivity index (χ1) is 9.70. The number of halogens is 1. The maximum atomic E-state index is 3.62. The fourth-order valence-electron chi connectivity index (χ4n) is 2.84. The Morgan fingerprint density at radius 1 is 1.00 bits per heavy atom. The van der Waals surface area contributed by atoms with E-state index in [1.54, 1.807) is 0 Å². The van der Waals surface area contributed by atoms with Gasteiger partial charge in [0.2, 0.25) is 0 Å². The van der Waals surface area contributed by atoms with Gasteiger partial charge in [-0.25, -0.2) is 0 Å². The Bertz CT molecular complexity index is 624. The molecule has 0 N–H and O–H groups in total. The normalized spacial score (nSPS) is 14.3. The van der Waals surface area contributed by atoms with Crippen LogP contribution in [0.4, 0.5) is 17.1 Å². The Kier molecular flexibility index (Phi) is 3.70. The molecule has 0 atom stereocenters. The number of rotatable bonds is 2. The van der Waals surface area contributed by atoms with Gasteiger partial charge in [0, 0.05) is 31.2 Å². The first-order valence-electron chi connectivity index (χ1n) is 6.94. The molecule has 0 bridgehead atoms. The average molecular weight is 331 g/mol. The van der Waals surface area contributed by atoms with Gasteiger partial charge in [-0.05, 0) is 30.7 Å². The molecule has 1 heterocycles. The van der Waals surface area contributed by atoms with Crippen molar-refractivity contribution in [3.8, 4) is 0 Å². The van der Waals surface area contributed by atoms with Crippen LogP contribution in [0.3, 0.4) is 0 Å². The molecule has 3 rings (SSSR count). The van der Waals surface area contributed by atoms with E-state index in [2.05, 4.69) is 82.2 Å². The predicted octanol–water partition coefficient (Wildman–Crippen LogP) is 4.48. The number of alkyl halides is 1. The van der Waals surface area contributed by atoms with Crippen LogP contribution in [0.5, 0.6) is 0 Å². The topological polar surface area (TPSA) is 6.48 Å². The van der Waals surface area contributed by atoms with Crippen molar-refractivity contribution in [1.29, 1.82) is 0 Å². The molecule has 0 saturated carbocycles. The third-order valence-electron chi connectivity index (χ3n) is 3.91. The third kappa shape index (κ3) is 2.31. The molecule has 0 saturated heterocycles. The van der Waals surface area contributed by atoms with Crippen molar-refractivity contribution in [2.24, 2.45) is 0 Å².